The molecule has 0 radical (unpaired) electrons. The molecule has 0 spiro atoms. The molecule has 246 valence electrons. The zero-order chi connectivity index (χ0) is 31.3. The zero-order valence-corrected chi connectivity index (χ0v) is 27.4. The molecule has 0 saturated heterocycles. The van der Waals surface area contributed by atoms with E-state index in [2.05, 4.69) is 38.7 Å². The second-order valence-electron chi connectivity index (χ2n) is 12.3. The Hall–Kier alpha value is -2.54. The molecule has 2 bridgehead atoms. The SMILES string of the molecule is COCCOC(=O)c1ccc(C(=O)NCCSc2cc3nc(c2)CN[C@@H]2CCCC[C@H]2NCCN[C@@H]2CCCC[C@H]2NC3)cc1. The molecule has 1 aromatic heterocycles. The fourth-order valence-corrected chi connectivity index (χ4v) is 7.48. The number of amides is 1. The lowest BCUT2D eigenvalue weighted by Gasteiger charge is -2.34. The number of methoxy groups -OCH3 is 1. The van der Waals surface area contributed by atoms with Crippen molar-refractivity contribution in [2.45, 2.75) is 93.5 Å². The second kappa shape index (κ2) is 18.0. The van der Waals surface area contributed by atoms with Crippen LogP contribution >= 0.6 is 11.8 Å². The highest BCUT2D eigenvalue weighted by Crippen LogP contribution is 2.23. The number of carbonyl (C=O) groups excluding carboxylic acids is 2. The Labute approximate surface area is 272 Å². The van der Waals surface area contributed by atoms with E-state index in [1.54, 1.807) is 43.1 Å². The first-order valence-corrected chi connectivity index (χ1v) is 17.7. The summed E-state index contributed by atoms with van der Waals surface area (Å²) in [7, 11) is 1.55. The highest BCUT2D eigenvalue weighted by molar-refractivity contribution is 7.99. The lowest BCUT2D eigenvalue weighted by atomic mass is 9.89. The predicted octanol–water partition coefficient (Wildman–Crippen LogP) is 3.40. The van der Waals surface area contributed by atoms with Gasteiger partial charge in [0.05, 0.1) is 23.6 Å². The van der Waals surface area contributed by atoms with Crippen LogP contribution in [0.25, 0.3) is 0 Å². The van der Waals surface area contributed by atoms with Gasteiger partial charge in [-0.3, -0.25) is 9.78 Å². The number of hydrogen-bond acceptors (Lipinski definition) is 10. The van der Waals surface area contributed by atoms with Gasteiger partial charge < -0.3 is 36.1 Å². The Balaban J connectivity index is 1.17. The van der Waals surface area contributed by atoms with Crippen LogP contribution in [0.5, 0.6) is 0 Å². The van der Waals surface area contributed by atoms with E-state index in [1.165, 1.54) is 56.3 Å². The molecule has 1 aromatic carbocycles. The van der Waals surface area contributed by atoms with Crippen LogP contribution in [0.2, 0.25) is 0 Å². The van der Waals surface area contributed by atoms with Gasteiger partial charge in [-0.2, -0.15) is 0 Å². The van der Waals surface area contributed by atoms with Crippen LogP contribution in [0.15, 0.2) is 41.3 Å². The highest BCUT2D eigenvalue weighted by Gasteiger charge is 2.27. The minimum Gasteiger partial charge on any atom is -0.460 e. The molecule has 3 aliphatic rings. The van der Waals surface area contributed by atoms with Gasteiger partial charge in [-0.05, 0) is 62.1 Å². The van der Waals surface area contributed by atoms with E-state index in [9.17, 15) is 9.59 Å². The molecule has 2 aliphatic carbocycles. The summed E-state index contributed by atoms with van der Waals surface area (Å²) in [5.41, 5.74) is 3.05. The monoisotopic (exact) mass is 638 g/mol. The van der Waals surface area contributed by atoms with Crippen LogP contribution in [-0.4, -0.2) is 86.7 Å². The average molecular weight is 639 g/mol. The molecule has 45 heavy (non-hydrogen) atoms. The molecule has 0 unspecified atom stereocenters. The van der Waals surface area contributed by atoms with Gasteiger partial charge in [-0.15, -0.1) is 11.8 Å². The number of carbonyl (C=O) groups is 2. The third kappa shape index (κ3) is 10.5. The maximum atomic E-state index is 12.7. The Kier molecular flexibility index (Phi) is 13.5. The molecule has 5 rings (SSSR count). The number of hydrogen-bond donors (Lipinski definition) is 5. The molecule has 4 atom stereocenters. The van der Waals surface area contributed by atoms with Crippen molar-refractivity contribution in [2.24, 2.45) is 0 Å². The third-order valence-corrected chi connectivity index (χ3v) is 10.0. The summed E-state index contributed by atoms with van der Waals surface area (Å²) < 4.78 is 10.0. The maximum Gasteiger partial charge on any atom is 0.338 e. The van der Waals surface area contributed by atoms with E-state index in [-0.39, 0.29) is 12.5 Å². The van der Waals surface area contributed by atoms with E-state index in [4.69, 9.17) is 14.5 Å². The number of pyridine rings is 1. The second-order valence-corrected chi connectivity index (χ2v) is 13.4. The first-order valence-electron chi connectivity index (χ1n) is 16.7. The molecule has 1 amide bonds. The molecular formula is C34H50N6O4S. The van der Waals surface area contributed by atoms with E-state index in [0.29, 0.717) is 48.4 Å². The van der Waals surface area contributed by atoms with E-state index >= 15 is 0 Å². The van der Waals surface area contributed by atoms with Crippen LogP contribution in [-0.2, 0) is 22.6 Å². The Bertz CT molecular complexity index is 1180. The molecule has 2 saturated carbocycles. The Morgan fingerprint density at radius 1 is 0.800 bits per heavy atom. The molecule has 2 heterocycles. The third-order valence-electron chi connectivity index (χ3n) is 9.03. The zero-order valence-electron chi connectivity index (χ0n) is 26.6. The number of aromatic nitrogens is 1. The van der Waals surface area contributed by atoms with Gasteiger partial charge in [0.25, 0.3) is 5.91 Å². The summed E-state index contributed by atoms with van der Waals surface area (Å²) in [6.07, 6.45) is 9.95. The summed E-state index contributed by atoms with van der Waals surface area (Å²) >= 11 is 1.74. The largest absolute Gasteiger partial charge is 0.460 e. The summed E-state index contributed by atoms with van der Waals surface area (Å²) in [6, 6.07) is 12.8. The average Bonchev–Trinajstić information content (AvgIpc) is 3.07. The van der Waals surface area contributed by atoms with E-state index in [0.717, 1.165) is 43.3 Å². The lowest BCUT2D eigenvalue weighted by molar-refractivity contribution is 0.0388. The Morgan fingerprint density at radius 3 is 1.89 bits per heavy atom. The Morgan fingerprint density at radius 2 is 1.33 bits per heavy atom. The molecule has 2 aromatic rings. The van der Waals surface area contributed by atoms with Gasteiger partial charge in [0.1, 0.15) is 6.61 Å². The van der Waals surface area contributed by atoms with Crippen molar-refractivity contribution in [1.29, 1.82) is 0 Å². The fourth-order valence-electron chi connectivity index (χ4n) is 6.60. The highest BCUT2D eigenvalue weighted by atomic mass is 32.2. The van der Waals surface area contributed by atoms with Crippen molar-refractivity contribution in [3.63, 3.8) is 0 Å². The van der Waals surface area contributed by atoms with Crippen molar-refractivity contribution in [3.8, 4) is 0 Å². The lowest BCUT2D eigenvalue weighted by Crippen LogP contribution is -2.53. The fraction of sp³-hybridized carbons (Fsp3) is 0.618. The number of benzene rings is 1. The molecule has 2 fully saturated rings. The van der Waals surface area contributed by atoms with E-state index < -0.39 is 5.97 Å². The minimum atomic E-state index is -0.430. The summed E-state index contributed by atoms with van der Waals surface area (Å²) in [5, 5.41) is 18.4. The van der Waals surface area contributed by atoms with Crippen molar-refractivity contribution in [1.82, 2.24) is 31.6 Å². The molecular weight excluding hydrogens is 588 g/mol. The van der Waals surface area contributed by atoms with Crippen molar-refractivity contribution < 1.29 is 19.1 Å². The molecule has 11 heteroatoms. The molecule has 5 N–H and O–H groups in total. The van der Waals surface area contributed by atoms with Gasteiger partial charge in [0.2, 0.25) is 0 Å². The van der Waals surface area contributed by atoms with Gasteiger partial charge in [0.15, 0.2) is 0 Å². The van der Waals surface area contributed by atoms with E-state index in [1.807, 2.05) is 0 Å². The number of esters is 1. The van der Waals surface area contributed by atoms with Crippen LogP contribution in [0.1, 0.15) is 83.5 Å². The summed E-state index contributed by atoms with van der Waals surface area (Å²) in [6.45, 7) is 4.58. The topological polar surface area (TPSA) is 126 Å². The molecule has 10 nitrogen and oxygen atoms in total. The van der Waals surface area contributed by atoms with Gasteiger partial charge in [-0.1, -0.05) is 25.7 Å². The summed E-state index contributed by atoms with van der Waals surface area (Å²) in [4.78, 5) is 31.1. The number of nitrogens with zero attached hydrogens (tertiary/aromatic N) is 1. The quantitative estimate of drug-likeness (QED) is 0.159. The van der Waals surface area contributed by atoms with Gasteiger partial charge in [-0.25, -0.2) is 4.79 Å². The minimum absolute atomic E-state index is 0.164. The van der Waals surface area contributed by atoms with Crippen LogP contribution < -0.4 is 26.6 Å². The van der Waals surface area contributed by atoms with Gasteiger partial charge in [0, 0.05) is 80.2 Å². The summed E-state index contributed by atoms with van der Waals surface area (Å²) in [5.74, 6) is 0.145. The smallest absolute Gasteiger partial charge is 0.338 e. The van der Waals surface area contributed by atoms with Crippen molar-refractivity contribution >= 4 is 23.6 Å². The molecule has 1 aliphatic heterocycles. The van der Waals surface area contributed by atoms with Crippen LogP contribution in [0.4, 0.5) is 0 Å². The van der Waals surface area contributed by atoms with Crippen LogP contribution in [0, 0.1) is 0 Å². The number of ether oxygens (including phenoxy) is 2. The standard InChI is InChI=1S/C34H50N6O4S/c1-43-17-18-44-34(42)25-12-10-24(11-13-25)33(41)37-16-19-45-28-20-26-22-38-31-8-4-2-6-29(31)35-14-15-36-30-7-3-5-9-32(30)39-23-27(21-28)40-26/h10-13,20-21,29-32,35-36,38-39H,2-9,14-19,22-23H2,1H3,(H,37,41)/t29-,30-,31-,32-/m1/s1. The van der Waals surface area contributed by atoms with Crippen molar-refractivity contribution in [2.75, 3.05) is 45.7 Å². The number of nitrogens with one attached hydrogen (secondary N) is 5. The van der Waals surface area contributed by atoms with Crippen LogP contribution in [0.3, 0.4) is 0 Å². The number of thioether (sulfide) groups is 1. The number of fused-ring (bicyclic) bond motifs is 4. The van der Waals surface area contributed by atoms with Crippen molar-refractivity contribution in [3.05, 3.63) is 58.9 Å². The first kappa shape index (κ1) is 33.8. The first-order chi connectivity index (χ1) is 22.1. The number of rotatable bonds is 9. The maximum absolute atomic E-state index is 12.7. The van der Waals surface area contributed by atoms with Gasteiger partial charge >= 0.3 is 5.97 Å². The predicted molar refractivity (Wildman–Crippen MR) is 178 cm³/mol. The normalized spacial score (nSPS) is 24.3.